The van der Waals surface area contributed by atoms with Gasteiger partial charge in [0.1, 0.15) is 4.88 Å². The van der Waals surface area contributed by atoms with Gasteiger partial charge in [0, 0.05) is 27.5 Å². The fourth-order valence-electron chi connectivity index (χ4n) is 4.06. The standard InChI is InChI=1S/C23H28Cl2O4S/c1-2-3-4-20(26)14-5-7-15(8-6-14)22-17(18(24)11-19(22)25)13-29-12-16-9-10-21(30-16)23(27)28/h5-10,17-20,22,26H,2-4,11-13H2,1H3,(H,27,28). The van der Waals surface area contributed by atoms with Gasteiger partial charge in [0.25, 0.3) is 0 Å². The number of thiophene rings is 1. The lowest BCUT2D eigenvalue weighted by Crippen LogP contribution is -2.22. The number of aromatic carboxylic acids is 1. The van der Waals surface area contributed by atoms with Crippen LogP contribution in [-0.4, -0.2) is 33.5 Å². The first-order chi connectivity index (χ1) is 14.4. The molecule has 2 N–H and O–H groups in total. The predicted octanol–water partition coefficient (Wildman–Crippen LogP) is 6.21. The molecule has 0 bridgehead atoms. The minimum Gasteiger partial charge on any atom is -0.477 e. The molecule has 0 saturated heterocycles. The molecule has 1 heterocycles. The van der Waals surface area contributed by atoms with Crippen molar-refractivity contribution in [3.8, 4) is 0 Å². The zero-order chi connectivity index (χ0) is 21.7. The van der Waals surface area contributed by atoms with E-state index in [1.807, 2.05) is 24.3 Å². The molecule has 1 fully saturated rings. The van der Waals surface area contributed by atoms with Gasteiger partial charge in [0.05, 0.1) is 19.3 Å². The van der Waals surface area contributed by atoms with E-state index in [0.717, 1.165) is 35.3 Å². The minimum absolute atomic E-state index is 0.0719. The van der Waals surface area contributed by atoms with Gasteiger partial charge in [-0.3, -0.25) is 0 Å². The SMILES string of the molecule is CCCCC(O)c1ccc(C2C(Cl)CC(Cl)C2COCc2ccc(C(=O)O)s2)cc1. The number of carboxylic acid groups (broad SMARTS) is 1. The van der Waals surface area contributed by atoms with E-state index in [4.69, 9.17) is 33.0 Å². The molecule has 5 unspecified atom stereocenters. The van der Waals surface area contributed by atoms with Crippen LogP contribution in [0.2, 0.25) is 0 Å². The molecule has 30 heavy (non-hydrogen) atoms. The van der Waals surface area contributed by atoms with Gasteiger partial charge in [-0.15, -0.1) is 34.5 Å². The number of rotatable bonds is 10. The van der Waals surface area contributed by atoms with Gasteiger partial charge in [-0.1, -0.05) is 44.0 Å². The van der Waals surface area contributed by atoms with Crippen molar-refractivity contribution < 1.29 is 19.7 Å². The van der Waals surface area contributed by atoms with Gasteiger partial charge in [-0.2, -0.15) is 0 Å². The Morgan fingerprint density at radius 2 is 1.93 bits per heavy atom. The second kappa shape index (κ2) is 11.0. The third kappa shape index (κ3) is 5.77. The van der Waals surface area contributed by atoms with Crippen LogP contribution in [0.1, 0.15) is 70.3 Å². The van der Waals surface area contributed by atoms with E-state index in [9.17, 15) is 9.90 Å². The van der Waals surface area contributed by atoms with E-state index in [1.54, 1.807) is 12.1 Å². The molecule has 0 spiro atoms. The normalized spacial score (nSPS) is 24.8. The van der Waals surface area contributed by atoms with Crippen molar-refractivity contribution in [2.75, 3.05) is 6.61 Å². The number of aliphatic hydroxyl groups is 1. The Morgan fingerprint density at radius 3 is 2.57 bits per heavy atom. The molecule has 5 atom stereocenters. The van der Waals surface area contributed by atoms with Crippen molar-refractivity contribution >= 4 is 40.5 Å². The van der Waals surface area contributed by atoms with Crippen molar-refractivity contribution in [1.29, 1.82) is 0 Å². The van der Waals surface area contributed by atoms with Crippen LogP contribution in [0.25, 0.3) is 0 Å². The average Bonchev–Trinajstić information content (AvgIpc) is 3.31. The Labute approximate surface area is 191 Å². The highest BCUT2D eigenvalue weighted by atomic mass is 35.5. The first-order valence-corrected chi connectivity index (χ1v) is 12.1. The van der Waals surface area contributed by atoms with E-state index in [0.29, 0.717) is 24.5 Å². The van der Waals surface area contributed by atoms with E-state index in [2.05, 4.69) is 6.92 Å². The van der Waals surface area contributed by atoms with Crippen LogP contribution in [0.5, 0.6) is 0 Å². The molecule has 0 amide bonds. The summed E-state index contributed by atoms with van der Waals surface area (Å²) in [4.78, 5) is 12.2. The number of hydrogen-bond acceptors (Lipinski definition) is 4. The van der Waals surface area contributed by atoms with Crippen LogP contribution in [0.15, 0.2) is 36.4 Å². The first-order valence-electron chi connectivity index (χ1n) is 10.4. The molecule has 0 radical (unpaired) electrons. The molecular weight excluding hydrogens is 443 g/mol. The number of carbonyl (C=O) groups is 1. The number of carboxylic acids is 1. The topological polar surface area (TPSA) is 66.8 Å². The molecule has 3 rings (SSSR count). The van der Waals surface area contributed by atoms with Crippen LogP contribution in [0.4, 0.5) is 0 Å². The third-order valence-corrected chi connectivity index (χ3v) is 7.73. The maximum atomic E-state index is 11.0. The maximum Gasteiger partial charge on any atom is 0.345 e. The number of hydrogen-bond donors (Lipinski definition) is 2. The van der Waals surface area contributed by atoms with Crippen LogP contribution in [0.3, 0.4) is 0 Å². The summed E-state index contributed by atoms with van der Waals surface area (Å²) in [7, 11) is 0. The second-order valence-corrected chi connectivity index (χ2v) is 10.2. The smallest absolute Gasteiger partial charge is 0.345 e. The van der Waals surface area contributed by atoms with E-state index >= 15 is 0 Å². The first kappa shape index (κ1) is 23.6. The number of halogens is 2. The highest BCUT2D eigenvalue weighted by Crippen LogP contribution is 2.46. The van der Waals surface area contributed by atoms with Crippen molar-refractivity contribution in [1.82, 2.24) is 0 Å². The lowest BCUT2D eigenvalue weighted by atomic mass is 9.88. The second-order valence-electron chi connectivity index (χ2n) is 7.87. The summed E-state index contributed by atoms with van der Waals surface area (Å²) in [6, 6.07) is 11.4. The zero-order valence-corrected chi connectivity index (χ0v) is 19.3. The summed E-state index contributed by atoms with van der Waals surface area (Å²) in [6.45, 7) is 2.94. The zero-order valence-electron chi connectivity index (χ0n) is 17.0. The predicted molar refractivity (Wildman–Crippen MR) is 122 cm³/mol. The molecule has 4 nitrogen and oxygen atoms in total. The number of aliphatic hydroxyl groups excluding tert-OH is 1. The Hall–Kier alpha value is -1.11. The van der Waals surface area contributed by atoms with Crippen molar-refractivity contribution in [2.24, 2.45) is 5.92 Å². The van der Waals surface area contributed by atoms with Crippen LogP contribution < -0.4 is 0 Å². The summed E-state index contributed by atoms with van der Waals surface area (Å²) in [5.41, 5.74) is 2.04. The molecule has 1 saturated carbocycles. The molecule has 1 aromatic carbocycles. The summed E-state index contributed by atoms with van der Waals surface area (Å²) >= 11 is 14.5. The van der Waals surface area contributed by atoms with Crippen LogP contribution >= 0.6 is 34.5 Å². The Bertz CT molecular complexity index is 823. The molecule has 1 aliphatic rings. The fraction of sp³-hybridized carbons (Fsp3) is 0.522. The highest BCUT2D eigenvalue weighted by Gasteiger charge is 2.42. The van der Waals surface area contributed by atoms with Gasteiger partial charge >= 0.3 is 5.97 Å². The van der Waals surface area contributed by atoms with Crippen molar-refractivity contribution in [3.63, 3.8) is 0 Å². The summed E-state index contributed by atoms with van der Waals surface area (Å²) in [5.74, 6) is -0.769. The Kier molecular flexibility index (Phi) is 8.61. The summed E-state index contributed by atoms with van der Waals surface area (Å²) in [5, 5.41) is 19.2. The molecular formula is C23H28Cl2O4S. The number of unbranched alkanes of at least 4 members (excludes halogenated alkanes) is 1. The Balaban J connectivity index is 1.63. The molecule has 164 valence electrons. The van der Waals surface area contributed by atoms with Crippen molar-refractivity contribution in [3.05, 3.63) is 57.3 Å². The highest BCUT2D eigenvalue weighted by molar-refractivity contribution is 7.13. The van der Waals surface area contributed by atoms with E-state index in [1.165, 1.54) is 11.3 Å². The molecule has 2 aromatic rings. The Morgan fingerprint density at radius 1 is 1.20 bits per heavy atom. The van der Waals surface area contributed by atoms with Gasteiger partial charge in [-0.05, 0) is 36.1 Å². The number of alkyl halides is 2. The van der Waals surface area contributed by atoms with Gasteiger partial charge in [0.15, 0.2) is 0 Å². The van der Waals surface area contributed by atoms with E-state index in [-0.39, 0.29) is 22.6 Å². The van der Waals surface area contributed by atoms with Crippen LogP contribution in [0, 0.1) is 5.92 Å². The lowest BCUT2D eigenvalue weighted by molar-refractivity contribution is 0.0702. The van der Waals surface area contributed by atoms with Crippen molar-refractivity contribution in [2.45, 2.75) is 62.0 Å². The molecule has 0 aliphatic heterocycles. The molecule has 1 aromatic heterocycles. The fourth-order valence-corrected chi connectivity index (χ4v) is 5.89. The van der Waals surface area contributed by atoms with Gasteiger partial charge < -0.3 is 14.9 Å². The van der Waals surface area contributed by atoms with Gasteiger partial charge in [0.2, 0.25) is 0 Å². The van der Waals surface area contributed by atoms with Crippen LogP contribution in [-0.2, 0) is 11.3 Å². The minimum atomic E-state index is -0.920. The monoisotopic (exact) mass is 470 g/mol. The summed E-state index contributed by atoms with van der Waals surface area (Å²) in [6.07, 6.45) is 3.11. The largest absolute Gasteiger partial charge is 0.477 e. The maximum absolute atomic E-state index is 11.0. The van der Waals surface area contributed by atoms with E-state index < -0.39 is 12.1 Å². The third-order valence-electron chi connectivity index (χ3n) is 5.73. The summed E-state index contributed by atoms with van der Waals surface area (Å²) < 4.78 is 5.91. The number of ether oxygens (including phenoxy) is 1. The average molecular weight is 471 g/mol. The molecule has 7 heteroatoms. The molecule has 1 aliphatic carbocycles. The van der Waals surface area contributed by atoms with Gasteiger partial charge in [-0.25, -0.2) is 4.79 Å². The lowest BCUT2D eigenvalue weighted by Gasteiger charge is -2.24. The number of benzene rings is 1. The quantitative estimate of drug-likeness (QED) is 0.405.